The molecule has 3 saturated carbocycles. The highest BCUT2D eigenvalue weighted by Crippen LogP contribution is 2.68. The molecule has 1 heterocycles. The summed E-state index contributed by atoms with van der Waals surface area (Å²) in [6.45, 7) is 4.78. The summed E-state index contributed by atoms with van der Waals surface area (Å²) in [4.78, 5) is 13.5. The van der Waals surface area contributed by atoms with Gasteiger partial charge in [0.15, 0.2) is 0 Å². The number of ketones is 1. The predicted octanol–water partition coefficient (Wildman–Crippen LogP) is 9.43. The van der Waals surface area contributed by atoms with Crippen molar-refractivity contribution in [3.63, 3.8) is 0 Å². The van der Waals surface area contributed by atoms with Crippen LogP contribution in [-0.2, 0) is 9.53 Å². The first-order chi connectivity index (χ1) is 19.5. The first kappa shape index (κ1) is 30.5. The second kappa shape index (κ2) is 12.0. The van der Waals surface area contributed by atoms with Gasteiger partial charge in [0, 0.05) is 30.4 Å². The van der Waals surface area contributed by atoms with E-state index in [1.54, 1.807) is 14.2 Å². The van der Waals surface area contributed by atoms with E-state index >= 15 is 0 Å². The molecule has 0 saturated heterocycles. The minimum Gasteiger partial charge on any atom is -0.497 e. The van der Waals surface area contributed by atoms with Crippen LogP contribution in [0.2, 0.25) is 0 Å². The molecule has 3 fully saturated rings. The zero-order valence-electron chi connectivity index (χ0n) is 25.1. The molecule has 0 bridgehead atoms. The van der Waals surface area contributed by atoms with E-state index < -0.39 is 12.1 Å². The molecule has 4 aliphatic rings. The lowest BCUT2D eigenvalue weighted by Crippen LogP contribution is -2.59. The number of hydrogen-bond acceptors (Lipinski definition) is 5. The number of ether oxygens (including phenoxy) is 2. The molecule has 228 valence electrons. The van der Waals surface area contributed by atoms with Crippen LogP contribution in [0.5, 0.6) is 5.75 Å². The number of fused-ring (bicyclic) bond motifs is 4. The van der Waals surface area contributed by atoms with Gasteiger partial charge in [-0.3, -0.25) is 4.79 Å². The van der Waals surface area contributed by atoms with Crippen LogP contribution in [0.15, 0.2) is 28.4 Å². The normalized spacial score (nSPS) is 35.3. The molecule has 8 heteroatoms. The molecule has 5 nitrogen and oxygen atoms in total. The van der Waals surface area contributed by atoms with Gasteiger partial charge in [0.2, 0.25) is 0 Å². The molecule has 0 spiro atoms. The maximum Gasteiger partial charge on any atom is 0.391 e. The number of carbonyl (C=O) groups excluding carboxylic acids is 1. The van der Waals surface area contributed by atoms with E-state index in [0.29, 0.717) is 37.2 Å². The molecule has 8 atom stereocenters. The Labute approximate surface area is 243 Å². The summed E-state index contributed by atoms with van der Waals surface area (Å²) in [6.07, 6.45) is 5.15. The topological polar surface area (TPSA) is 60.2 Å². The minimum atomic E-state index is -4.12. The van der Waals surface area contributed by atoms with Crippen LogP contribution in [0.4, 0.5) is 18.9 Å². The third-order valence-electron chi connectivity index (χ3n) is 11.8. The maximum absolute atomic E-state index is 13.8. The number of hydrogen-bond donors (Lipinski definition) is 0. The number of rotatable bonds is 10. The molecule has 1 aliphatic heterocycles. The van der Waals surface area contributed by atoms with Gasteiger partial charge < -0.3 is 9.47 Å². The molecule has 0 aromatic heterocycles. The molecule has 0 amide bonds. The van der Waals surface area contributed by atoms with Crippen molar-refractivity contribution in [1.82, 2.24) is 0 Å². The smallest absolute Gasteiger partial charge is 0.391 e. The van der Waals surface area contributed by atoms with Crippen LogP contribution in [0.3, 0.4) is 0 Å². The Morgan fingerprint density at radius 2 is 1.95 bits per heavy atom. The van der Waals surface area contributed by atoms with Crippen molar-refractivity contribution < 1.29 is 27.4 Å². The number of Topliss-reactive ketones (excluding diaryl/α,β-unsaturated/α-hetero) is 1. The van der Waals surface area contributed by atoms with E-state index in [4.69, 9.17) is 9.47 Å². The number of alkyl halides is 3. The monoisotopic (exact) mass is 576 g/mol. The molecule has 0 radical (unpaired) electrons. The molecule has 5 rings (SSSR count). The zero-order valence-corrected chi connectivity index (χ0v) is 25.1. The first-order valence-corrected chi connectivity index (χ1v) is 15.7. The van der Waals surface area contributed by atoms with Crippen molar-refractivity contribution in [3.8, 4) is 5.75 Å². The van der Waals surface area contributed by atoms with Crippen LogP contribution in [0.1, 0.15) is 103 Å². The number of benzene rings is 1. The van der Waals surface area contributed by atoms with Gasteiger partial charge in [-0.05, 0) is 99.2 Å². The fourth-order valence-corrected chi connectivity index (χ4v) is 9.51. The summed E-state index contributed by atoms with van der Waals surface area (Å²) in [5.74, 6) is 1.21. The van der Waals surface area contributed by atoms with Gasteiger partial charge >= 0.3 is 6.18 Å². The third kappa shape index (κ3) is 5.71. The first-order valence-electron chi connectivity index (χ1n) is 15.7. The van der Waals surface area contributed by atoms with Gasteiger partial charge in [0.25, 0.3) is 0 Å². The second-order valence-corrected chi connectivity index (χ2v) is 13.6. The second-order valence-electron chi connectivity index (χ2n) is 13.6. The van der Waals surface area contributed by atoms with Crippen LogP contribution >= 0.6 is 0 Å². The largest absolute Gasteiger partial charge is 0.497 e. The number of halogens is 3. The molecule has 3 unspecified atom stereocenters. The SMILES string of the molecule is CC[C@H](CC[C@@H]1CCC[C@H]2C1CC[C@]1(C)C[C@@H](C(F)(F)F)CCC21COC)C(=O)CC1N=Nc2ccc(OC)cc21. The summed E-state index contributed by atoms with van der Waals surface area (Å²) in [7, 11) is 3.34. The summed E-state index contributed by atoms with van der Waals surface area (Å²) in [5.41, 5.74) is 1.23. The van der Waals surface area contributed by atoms with E-state index in [1.165, 1.54) is 0 Å². The predicted molar refractivity (Wildman–Crippen MR) is 152 cm³/mol. The number of azo groups is 1. The quantitative estimate of drug-likeness (QED) is 0.279. The van der Waals surface area contributed by atoms with E-state index in [2.05, 4.69) is 24.1 Å². The number of carbonyl (C=O) groups is 1. The molecule has 1 aromatic rings. The number of methoxy groups -OCH3 is 2. The highest BCUT2D eigenvalue weighted by atomic mass is 19.4. The van der Waals surface area contributed by atoms with E-state index in [1.807, 2.05) is 18.2 Å². The Morgan fingerprint density at radius 3 is 2.66 bits per heavy atom. The van der Waals surface area contributed by atoms with Crippen LogP contribution in [0, 0.1) is 40.4 Å². The number of nitrogens with zero attached hydrogens (tertiary/aromatic N) is 2. The van der Waals surface area contributed by atoms with Crippen LogP contribution in [-0.4, -0.2) is 32.8 Å². The molecular formula is C33H47F3N2O3. The Hall–Kier alpha value is -1.96. The van der Waals surface area contributed by atoms with Gasteiger partial charge in [0.05, 0.1) is 25.3 Å². The maximum atomic E-state index is 13.8. The van der Waals surface area contributed by atoms with Crippen molar-refractivity contribution in [1.29, 1.82) is 0 Å². The van der Waals surface area contributed by atoms with Crippen molar-refractivity contribution >= 4 is 11.5 Å². The Kier molecular flexibility index (Phi) is 8.90. The summed E-state index contributed by atoms with van der Waals surface area (Å²) in [5, 5.41) is 8.68. The third-order valence-corrected chi connectivity index (χ3v) is 11.8. The highest BCUT2D eigenvalue weighted by molar-refractivity contribution is 5.82. The van der Waals surface area contributed by atoms with Crippen LogP contribution < -0.4 is 4.74 Å². The van der Waals surface area contributed by atoms with Crippen molar-refractivity contribution in [3.05, 3.63) is 23.8 Å². The van der Waals surface area contributed by atoms with Gasteiger partial charge in [-0.1, -0.05) is 26.7 Å². The minimum absolute atomic E-state index is 0.00995. The van der Waals surface area contributed by atoms with Crippen molar-refractivity contribution in [2.75, 3.05) is 20.8 Å². The standard InChI is InChI=1S/C33H47F3N2O3/c1-5-21(30(39)18-29-26-17-24(41-4)11-12-28(26)37-38-29)9-10-22-7-6-8-27-25(22)14-15-31(2)19-23(33(34,35)36)13-16-32(27,31)20-40-3/h11-12,17,21-23,25,27,29H,5-10,13-16,18-20H2,1-4H3/t21-,22+,23+,25?,27+,29?,31-,32?/m1/s1. The average molecular weight is 577 g/mol. The Bertz CT molecular complexity index is 1120. The lowest BCUT2D eigenvalue weighted by molar-refractivity contribution is -0.237. The molecule has 0 N–H and O–H groups in total. The Balaban J connectivity index is 1.25. The van der Waals surface area contributed by atoms with Gasteiger partial charge in [-0.25, -0.2) is 0 Å². The molecule has 3 aliphatic carbocycles. The summed E-state index contributed by atoms with van der Waals surface area (Å²) in [6, 6.07) is 5.43. The molecule has 1 aromatic carbocycles. The van der Waals surface area contributed by atoms with Crippen molar-refractivity contribution in [2.24, 2.45) is 50.6 Å². The van der Waals surface area contributed by atoms with Gasteiger partial charge in [-0.2, -0.15) is 23.4 Å². The Morgan fingerprint density at radius 1 is 1.15 bits per heavy atom. The van der Waals surface area contributed by atoms with E-state index in [0.717, 1.165) is 68.4 Å². The fourth-order valence-electron chi connectivity index (χ4n) is 9.51. The summed E-state index contributed by atoms with van der Waals surface area (Å²) >= 11 is 0. The fraction of sp³-hybridized carbons (Fsp3) is 0.788. The van der Waals surface area contributed by atoms with Gasteiger partial charge in [-0.15, -0.1) is 0 Å². The molecular weight excluding hydrogens is 529 g/mol. The molecule has 41 heavy (non-hydrogen) atoms. The van der Waals surface area contributed by atoms with E-state index in [9.17, 15) is 18.0 Å². The highest BCUT2D eigenvalue weighted by Gasteiger charge is 2.63. The lowest BCUT2D eigenvalue weighted by Gasteiger charge is -2.64. The van der Waals surface area contributed by atoms with E-state index in [-0.39, 0.29) is 41.4 Å². The average Bonchev–Trinajstić information content (AvgIpc) is 3.34. The summed E-state index contributed by atoms with van der Waals surface area (Å²) < 4.78 is 52.6. The zero-order chi connectivity index (χ0) is 29.4. The van der Waals surface area contributed by atoms with Gasteiger partial charge in [0.1, 0.15) is 17.6 Å². The van der Waals surface area contributed by atoms with Crippen molar-refractivity contribution in [2.45, 2.75) is 103 Å². The van der Waals surface area contributed by atoms with Crippen LogP contribution in [0.25, 0.3) is 0 Å². The lowest BCUT2D eigenvalue weighted by atomic mass is 9.41.